The van der Waals surface area contributed by atoms with Crippen LogP contribution in [0.3, 0.4) is 0 Å². The number of nitrogens with one attached hydrogen (secondary N) is 1. The van der Waals surface area contributed by atoms with E-state index in [1.54, 1.807) is 12.1 Å². The molecular formula is C9H11Cl4N3. The summed E-state index contributed by atoms with van der Waals surface area (Å²) in [5.74, 6) is 0.735. The van der Waals surface area contributed by atoms with Crippen LogP contribution in [0, 0.1) is 0 Å². The fourth-order valence-corrected chi connectivity index (χ4v) is 1.56. The third-order valence-electron chi connectivity index (χ3n) is 1.97. The van der Waals surface area contributed by atoms with Gasteiger partial charge in [0.25, 0.3) is 0 Å². The lowest BCUT2D eigenvalue weighted by Gasteiger charge is -1.96. The van der Waals surface area contributed by atoms with Gasteiger partial charge >= 0.3 is 0 Å². The third kappa shape index (κ3) is 2.93. The molecular weight excluding hydrogens is 292 g/mol. The first-order chi connectivity index (χ1) is 6.58. The van der Waals surface area contributed by atoms with Crippen molar-refractivity contribution in [3.63, 3.8) is 0 Å². The van der Waals surface area contributed by atoms with Crippen LogP contribution < -0.4 is 5.73 Å². The summed E-state index contributed by atoms with van der Waals surface area (Å²) in [5, 5.41) is 1.01. The quantitative estimate of drug-likeness (QED) is 0.843. The second-order valence-corrected chi connectivity index (χ2v) is 4.01. The predicted molar refractivity (Wildman–Crippen MR) is 73.2 cm³/mol. The number of fused-ring (bicyclic) bond motifs is 1. The molecule has 2 aromatic rings. The van der Waals surface area contributed by atoms with Gasteiger partial charge in [0.2, 0.25) is 0 Å². The van der Waals surface area contributed by atoms with Gasteiger partial charge in [-0.25, -0.2) is 4.98 Å². The van der Waals surface area contributed by atoms with Crippen molar-refractivity contribution in [3.05, 3.63) is 28.0 Å². The first-order valence-electron chi connectivity index (χ1n) is 4.18. The fourth-order valence-electron chi connectivity index (χ4n) is 1.24. The van der Waals surface area contributed by atoms with Gasteiger partial charge in [-0.15, -0.1) is 24.8 Å². The minimum absolute atomic E-state index is 0. The molecule has 90 valence electrons. The number of halogens is 4. The maximum atomic E-state index is 5.87. The van der Waals surface area contributed by atoms with Crippen LogP contribution in [0.5, 0.6) is 0 Å². The number of hydrogen-bond acceptors (Lipinski definition) is 2. The monoisotopic (exact) mass is 301 g/mol. The van der Waals surface area contributed by atoms with Crippen molar-refractivity contribution in [1.82, 2.24) is 9.97 Å². The number of aromatic nitrogens is 2. The van der Waals surface area contributed by atoms with Gasteiger partial charge < -0.3 is 10.7 Å². The summed E-state index contributed by atoms with van der Waals surface area (Å²) < 4.78 is 0. The fraction of sp³-hybridized carbons (Fsp3) is 0.222. The Kier molecular flexibility index (Phi) is 5.87. The van der Waals surface area contributed by atoms with E-state index in [1.165, 1.54) is 0 Å². The Bertz CT molecular complexity index is 442. The average molecular weight is 303 g/mol. The van der Waals surface area contributed by atoms with E-state index in [9.17, 15) is 0 Å². The molecule has 16 heavy (non-hydrogen) atoms. The molecule has 0 aliphatic carbocycles. The van der Waals surface area contributed by atoms with Crippen LogP contribution >= 0.6 is 48.0 Å². The van der Waals surface area contributed by atoms with Gasteiger partial charge in [-0.05, 0) is 19.1 Å². The molecule has 0 aliphatic rings. The highest BCUT2D eigenvalue weighted by atomic mass is 35.5. The van der Waals surface area contributed by atoms with E-state index in [0.717, 1.165) is 16.9 Å². The zero-order valence-electron chi connectivity index (χ0n) is 8.33. The Morgan fingerprint density at radius 2 is 1.81 bits per heavy atom. The second-order valence-electron chi connectivity index (χ2n) is 3.19. The SMILES string of the molecule is CC(N)c1nc2cc(Cl)c(Cl)cc2[nH]1.Cl.Cl. The molecule has 0 radical (unpaired) electrons. The molecule has 2 rings (SSSR count). The number of hydrogen-bond donors (Lipinski definition) is 2. The third-order valence-corrected chi connectivity index (χ3v) is 2.70. The Morgan fingerprint density at radius 3 is 2.38 bits per heavy atom. The molecule has 7 heteroatoms. The summed E-state index contributed by atoms with van der Waals surface area (Å²) >= 11 is 11.7. The lowest BCUT2D eigenvalue weighted by Crippen LogP contribution is -2.06. The summed E-state index contributed by atoms with van der Waals surface area (Å²) in [7, 11) is 0. The van der Waals surface area contributed by atoms with E-state index in [0.29, 0.717) is 10.0 Å². The molecule has 0 fully saturated rings. The van der Waals surface area contributed by atoms with Crippen LogP contribution in [0.15, 0.2) is 12.1 Å². The van der Waals surface area contributed by atoms with Crippen molar-refractivity contribution in [3.8, 4) is 0 Å². The topological polar surface area (TPSA) is 54.7 Å². The Hall–Kier alpha value is -0.190. The van der Waals surface area contributed by atoms with Crippen LogP contribution in [0.4, 0.5) is 0 Å². The van der Waals surface area contributed by atoms with Crippen LogP contribution in [0.25, 0.3) is 11.0 Å². The van der Waals surface area contributed by atoms with Gasteiger partial charge in [-0.3, -0.25) is 0 Å². The molecule has 3 N–H and O–H groups in total. The highest BCUT2D eigenvalue weighted by Gasteiger charge is 2.08. The van der Waals surface area contributed by atoms with Crippen LogP contribution in [-0.2, 0) is 0 Å². The largest absolute Gasteiger partial charge is 0.341 e. The van der Waals surface area contributed by atoms with Crippen LogP contribution in [0.1, 0.15) is 18.8 Å². The van der Waals surface area contributed by atoms with Crippen molar-refractivity contribution in [2.24, 2.45) is 5.73 Å². The molecule has 0 bridgehead atoms. The molecule has 3 nitrogen and oxygen atoms in total. The van der Waals surface area contributed by atoms with Crippen molar-refractivity contribution in [1.29, 1.82) is 0 Å². The van der Waals surface area contributed by atoms with Gasteiger partial charge in [-0.1, -0.05) is 23.2 Å². The molecule has 1 unspecified atom stereocenters. The summed E-state index contributed by atoms with van der Waals surface area (Å²) in [5.41, 5.74) is 7.33. The molecule has 0 saturated heterocycles. The van der Waals surface area contributed by atoms with Gasteiger partial charge in [-0.2, -0.15) is 0 Å². The number of aromatic amines is 1. The standard InChI is InChI=1S/C9H9Cl2N3.2ClH/c1-4(12)9-13-7-2-5(10)6(11)3-8(7)14-9;;/h2-4H,12H2,1H3,(H,13,14);2*1H. The molecule has 1 aromatic carbocycles. The van der Waals surface area contributed by atoms with Crippen LogP contribution in [-0.4, -0.2) is 9.97 Å². The lowest BCUT2D eigenvalue weighted by atomic mass is 10.3. The van der Waals surface area contributed by atoms with Crippen molar-refractivity contribution in [2.45, 2.75) is 13.0 Å². The Balaban J connectivity index is 0.00000112. The van der Waals surface area contributed by atoms with Crippen molar-refractivity contribution in [2.75, 3.05) is 0 Å². The Labute approximate surface area is 116 Å². The number of imidazole rings is 1. The normalized spacial score (nSPS) is 11.8. The van der Waals surface area contributed by atoms with E-state index >= 15 is 0 Å². The van der Waals surface area contributed by atoms with Crippen molar-refractivity contribution < 1.29 is 0 Å². The highest BCUT2D eigenvalue weighted by Crippen LogP contribution is 2.27. The second kappa shape index (κ2) is 5.94. The number of nitrogens with two attached hydrogens (primary N) is 1. The molecule has 0 amide bonds. The zero-order chi connectivity index (χ0) is 10.3. The number of rotatable bonds is 1. The molecule has 0 aliphatic heterocycles. The Morgan fingerprint density at radius 1 is 1.25 bits per heavy atom. The maximum Gasteiger partial charge on any atom is 0.123 e. The zero-order valence-corrected chi connectivity index (χ0v) is 11.5. The highest BCUT2D eigenvalue weighted by molar-refractivity contribution is 6.42. The summed E-state index contributed by atoms with van der Waals surface area (Å²) in [4.78, 5) is 7.37. The molecule has 1 aromatic heterocycles. The number of H-pyrrole nitrogens is 1. The maximum absolute atomic E-state index is 5.87. The van der Waals surface area contributed by atoms with E-state index in [1.807, 2.05) is 6.92 Å². The molecule has 0 spiro atoms. The number of benzene rings is 1. The molecule has 1 heterocycles. The minimum Gasteiger partial charge on any atom is -0.341 e. The minimum atomic E-state index is -0.125. The molecule has 1 atom stereocenters. The average Bonchev–Trinajstić information content (AvgIpc) is 2.48. The van der Waals surface area contributed by atoms with Gasteiger partial charge in [0.15, 0.2) is 0 Å². The summed E-state index contributed by atoms with van der Waals surface area (Å²) in [6.07, 6.45) is 0. The predicted octanol–water partition coefficient (Wildman–Crippen LogP) is 3.73. The van der Waals surface area contributed by atoms with Gasteiger partial charge in [0, 0.05) is 0 Å². The van der Waals surface area contributed by atoms with E-state index in [2.05, 4.69) is 9.97 Å². The summed E-state index contributed by atoms with van der Waals surface area (Å²) in [6, 6.07) is 3.35. The first kappa shape index (κ1) is 15.8. The van der Waals surface area contributed by atoms with Gasteiger partial charge in [0.05, 0.1) is 27.1 Å². The van der Waals surface area contributed by atoms with Crippen molar-refractivity contribution >= 4 is 59.0 Å². The van der Waals surface area contributed by atoms with Crippen LogP contribution in [0.2, 0.25) is 10.0 Å². The smallest absolute Gasteiger partial charge is 0.123 e. The van der Waals surface area contributed by atoms with Gasteiger partial charge in [0.1, 0.15) is 5.82 Å². The summed E-state index contributed by atoms with van der Waals surface area (Å²) in [6.45, 7) is 1.86. The lowest BCUT2D eigenvalue weighted by molar-refractivity contribution is 0.760. The van der Waals surface area contributed by atoms with E-state index in [4.69, 9.17) is 28.9 Å². The van der Waals surface area contributed by atoms with E-state index < -0.39 is 0 Å². The van der Waals surface area contributed by atoms with E-state index in [-0.39, 0.29) is 30.9 Å². The number of nitrogens with zero attached hydrogens (tertiary/aromatic N) is 1. The first-order valence-corrected chi connectivity index (χ1v) is 4.94. The molecule has 0 saturated carbocycles.